The summed E-state index contributed by atoms with van der Waals surface area (Å²) >= 11 is 0. The molecule has 32 heavy (non-hydrogen) atoms. The second kappa shape index (κ2) is 18.4. The number of aliphatic hydroxyl groups is 4. The summed E-state index contributed by atoms with van der Waals surface area (Å²) < 4.78 is 0. The van der Waals surface area contributed by atoms with Crippen molar-refractivity contribution in [1.82, 2.24) is 0 Å². The Hall–Kier alpha value is -3.32. The molecule has 0 unspecified atom stereocenters. The molecule has 0 aromatic heterocycles. The molecular formula is C20H34O12. The number of hydrogen-bond acceptors (Lipinski definition) is 8. The Bertz CT molecular complexity index is 532. The zero-order chi connectivity index (χ0) is 27.6. The van der Waals surface area contributed by atoms with Gasteiger partial charge >= 0.3 is 23.9 Å². The highest BCUT2D eigenvalue weighted by Gasteiger charge is 2.37. The number of hydrogen-bond donors (Lipinski definition) is 8. The third kappa shape index (κ3) is 37.4. The normalized spacial score (nSPS) is 9.19. The average Bonchev–Trinajstić information content (AvgIpc) is 2.54. The molecule has 12 heteroatoms. The predicted octanol–water partition coefficient (Wildman–Crippen LogP) is 0.976. The molecule has 0 aliphatic heterocycles. The van der Waals surface area contributed by atoms with E-state index in [1.165, 1.54) is 27.7 Å². The molecule has 12 nitrogen and oxygen atoms in total. The summed E-state index contributed by atoms with van der Waals surface area (Å²) in [6, 6.07) is 0. The first-order valence-electron chi connectivity index (χ1n) is 8.27. The summed E-state index contributed by atoms with van der Waals surface area (Å²) in [5.41, 5.74) is 0.704. The van der Waals surface area contributed by atoms with Gasteiger partial charge in [0.15, 0.2) is 0 Å². The van der Waals surface area contributed by atoms with Crippen LogP contribution in [0, 0.1) is 0 Å². The van der Waals surface area contributed by atoms with Gasteiger partial charge in [-0.3, -0.25) is 0 Å². The molecule has 0 rings (SSSR count). The first-order chi connectivity index (χ1) is 13.8. The maximum atomic E-state index is 9.60. The second-order valence-corrected chi connectivity index (χ2v) is 6.38. The van der Waals surface area contributed by atoms with Crippen molar-refractivity contribution in [3.8, 4) is 0 Å². The van der Waals surface area contributed by atoms with Crippen molar-refractivity contribution >= 4 is 23.9 Å². The van der Waals surface area contributed by atoms with E-state index >= 15 is 0 Å². The highest BCUT2D eigenvalue weighted by molar-refractivity contribution is 5.85. The van der Waals surface area contributed by atoms with E-state index in [-0.39, 0.29) is 22.3 Å². The van der Waals surface area contributed by atoms with Gasteiger partial charge in [-0.15, -0.1) is 0 Å². The quantitative estimate of drug-likeness (QED) is 0.209. The Morgan fingerprint density at radius 3 is 0.531 bits per heavy atom. The molecule has 0 bridgehead atoms. The summed E-state index contributed by atoms with van der Waals surface area (Å²) in [5, 5.41) is 65.2. The lowest BCUT2D eigenvalue weighted by Crippen LogP contribution is -2.49. The Labute approximate surface area is 186 Å². The summed E-state index contributed by atoms with van der Waals surface area (Å²) in [6.07, 6.45) is 0. The number of carboxylic acid groups (broad SMARTS) is 4. The van der Waals surface area contributed by atoms with Crippen LogP contribution in [0.4, 0.5) is 0 Å². The fourth-order valence-corrected chi connectivity index (χ4v) is 0. The fourth-order valence-electron chi connectivity index (χ4n) is 0. The number of carbonyl (C=O) groups is 4. The van der Waals surface area contributed by atoms with Crippen LogP contribution in [0.15, 0.2) is 48.6 Å². The maximum absolute atomic E-state index is 9.60. The molecule has 186 valence electrons. The van der Waals surface area contributed by atoms with Gasteiger partial charge in [0.25, 0.3) is 0 Å². The molecule has 0 spiro atoms. The van der Waals surface area contributed by atoms with Gasteiger partial charge in [0, 0.05) is 22.3 Å². The highest BCUT2D eigenvalue weighted by Crippen LogP contribution is 2.13. The van der Waals surface area contributed by atoms with E-state index in [9.17, 15) is 19.2 Å². The SMILES string of the molecule is C=C(C)C(=O)O.C=C(C)C(=O)O.C=C(C)C(=O)O.C=C(C)C(=O)O.CC(O)(O)C(C)(O)O. The van der Waals surface area contributed by atoms with Crippen molar-refractivity contribution in [3.63, 3.8) is 0 Å². The molecule has 0 saturated heterocycles. The van der Waals surface area contributed by atoms with Crippen molar-refractivity contribution < 1.29 is 60.0 Å². The lowest BCUT2D eigenvalue weighted by Gasteiger charge is -2.27. The molecule has 0 fully saturated rings. The molecule has 0 aromatic rings. The minimum Gasteiger partial charge on any atom is -0.478 e. The molecule has 0 aromatic carbocycles. The minimum atomic E-state index is -2.45. The van der Waals surface area contributed by atoms with Crippen molar-refractivity contribution in [2.24, 2.45) is 0 Å². The standard InChI is InChI=1S/C4H10O4.4C4H6O2/c1-3(5,6)4(2,7)8;4*1-3(2)4(5)6/h5-8H,1-2H3;4*1H2,2H3,(H,5,6). The van der Waals surface area contributed by atoms with Crippen LogP contribution in [0.1, 0.15) is 41.5 Å². The van der Waals surface area contributed by atoms with E-state index in [1.807, 2.05) is 0 Å². The van der Waals surface area contributed by atoms with Gasteiger partial charge in [0.2, 0.25) is 11.6 Å². The lowest BCUT2D eigenvalue weighted by molar-refractivity contribution is -0.339. The van der Waals surface area contributed by atoms with Crippen LogP contribution in [-0.4, -0.2) is 76.3 Å². The van der Waals surface area contributed by atoms with Crippen LogP contribution in [0.5, 0.6) is 0 Å². The largest absolute Gasteiger partial charge is 0.478 e. The molecule has 0 radical (unpaired) electrons. The van der Waals surface area contributed by atoms with Gasteiger partial charge in [0.1, 0.15) is 0 Å². The third-order valence-corrected chi connectivity index (χ3v) is 2.36. The van der Waals surface area contributed by atoms with Gasteiger partial charge in [-0.25, -0.2) is 19.2 Å². The highest BCUT2D eigenvalue weighted by atomic mass is 16.6. The van der Waals surface area contributed by atoms with E-state index in [0.717, 1.165) is 13.8 Å². The summed E-state index contributed by atoms with van der Waals surface area (Å²) in [6.45, 7) is 20.2. The van der Waals surface area contributed by atoms with E-state index in [1.54, 1.807) is 0 Å². The average molecular weight is 466 g/mol. The van der Waals surface area contributed by atoms with Crippen molar-refractivity contribution in [2.75, 3.05) is 0 Å². The predicted molar refractivity (Wildman–Crippen MR) is 115 cm³/mol. The number of carboxylic acids is 4. The molecule has 0 atom stereocenters. The Balaban J connectivity index is -0.0000000955. The van der Waals surface area contributed by atoms with E-state index in [4.69, 9.17) is 40.9 Å². The summed E-state index contributed by atoms with van der Waals surface area (Å²) in [5.74, 6) is -8.64. The first-order valence-corrected chi connectivity index (χ1v) is 8.27. The van der Waals surface area contributed by atoms with Gasteiger partial charge < -0.3 is 40.9 Å². The van der Waals surface area contributed by atoms with Crippen LogP contribution in [-0.2, 0) is 19.2 Å². The number of rotatable bonds is 5. The molecule has 8 N–H and O–H groups in total. The Morgan fingerprint density at radius 2 is 0.531 bits per heavy atom. The summed E-state index contributed by atoms with van der Waals surface area (Å²) in [7, 11) is 0. The van der Waals surface area contributed by atoms with Crippen molar-refractivity contribution in [1.29, 1.82) is 0 Å². The molecule has 0 aliphatic rings. The smallest absolute Gasteiger partial charge is 0.330 e. The zero-order valence-corrected chi connectivity index (χ0v) is 19.0. The first kappa shape index (κ1) is 39.2. The Kier molecular flexibility index (Phi) is 22.6. The molecular weight excluding hydrogens is 432 g/mol. The fraction of sp³-hybridized carbons (Fsp3) is 0.400. The van der Waals surface area contributed by atoms with Crippen molar-refractivity contribution in [3.05, 3.63) is 48.6 Å². The van der Waals surface area contributed by atoms with Crippen LogP contribution in [0.25, 0.3) is 0 Å². The second-order valence-electron chi connectivity index (χ2n) is 6.38. The maximum Gasteiger partial charge on any atom is 0.330 e. The van der Waals surface area contributed by atoms with Crippen molar-refractivity contribution in [2.45, 2.75) is 53.1 Å². The molecule has 0 saturated carbocycles. The van der Waals surface area contributed by atoms with Crippen LogP contribution >= 0.6 is 0 Å². The lowest BCUT2D eigenvalue weighted by atomic mass is 10.1. The molecule has 0 aliphatic carbocycles. The minimum absolute atomic E-state index is 0.176. The van der Waals surface area contributed by atoms with Crippen LogP contribution in [0.3, 0.4) is 0 Å². The van der Waals surface area contributed by atoms with Gasteiger partial charge in [-0.2, -0.15) is 0 Å². The van der Waals surface area contributed by atoms with E-state index in [2.05, 4.69) is 26.3 Å². The number of aliphatic carboxylic acids is 4. The van der Waals surface area contributed by atoms with Gasteiger partial charge in [-0.1, -0.05) is 26.3 Å². The summed E-state index contributed by atoms with van der Waals surface area (Å²) in [4.78, 5) is 38.4. The molecule has 0 heterocycles. The zero-order valence-electron chi connectivity index (χ0n) is 19.0. The Morgan fingerprint density at radius 1 is 0.469 bits per heavy atom. The van der Waals surface area contributed by atoms with Crippen LogP contribution in [0.2, 0.25) is 0 Å². The molecule has 0 amide bonds. The van der Waals surface area contributed by atoms with Gasteiger partial charge in [-0.05, 0) is 41.5 Å². The van der Waals surface area contributed by atoms with Gasteiger partial charge in [0.05, 0.1) is 0 Å². The third-order valence-electron chi connectivity index (χ3n) is 2.36. The monoisotopic (exact) mass is 466 g/mol. The van der Waals surface area contributed by atoms with Crippen LogP contribution < -0.4 is 0 Å². The van der Waals surface area contributed by atoms with E-state index < -0.39 is 35.5 Å². The van der Waals surface area contributed by atoms with E-state index in [0.29, 0.717) is 0 Å². The topological polar surface area (TPSA) is 230 Å².